The van der Waals surface area contributed by atoms with Gasteiger partial charge in [0.25, 0.3) is 23.4 Å². The van der Waals surface area contributed by atoms with Gasteiger partial charge in [0, 0.05) is 39.3 Å². The third kappa shape index (κ3) is 10.4. The summed E-state index contributed by atoms with van der Waals surface area (Å²) >= 11 is 21.2. The Balaban J connectivity index is 0.000000269. The van der Waals surface area contributed by atoms with Crippen LogP contribution in [0.25, 0.3) is 14.5 Å². The lowest BCUT2D eigenvalue weighted by molar-refractivity contribution is -0.120. The molecular formula is C40H31Cl2F4N9O3S2. The van der Waals surface area contributed by atoms with Crippen molar-refractivity contribution < 1.29 is 31.9 Å². The molecule has 1 saturated heterocycles. The van der Waals surface area contributed by atoms with E-state index >= 15 is 0 Å². The van der Waals surface area contributed by atoms with Crippen LogP contribution in [0.4, 0.5) is 51.7 Å². The molecular weight excluding hydrogens is 866 g/mol. The lowest BCUT2D eigenvalue weighted by atomic mass is 10.0. The van der Waals surface area contributed by atoms with E-state index in [0.29, 0.717) is 5.69 Å². The molecule has 3 N–H and O–H groups in total. The van der Waals surface area contributed by atoms with E-state index in [9.17, 15) is 31.9 Å². The number of benzene rings is 4. The number of carbonyl (C=O) groups is 3. The first-order chi connectivity index (χ1) is 28.1. The fraction of sp³-hybridized carbons (Fsp3) is 0.200. The monoisotopic (exact) mass is 895 g/mol. The third-order valence-corrected chi connectivity index (χ3v) is 9.43. The summed E-state index contributed by atoms with van der Waals surface area (Å²) < 4.78 is 56.1. The minimum Gasteiger partial charge on any atom is -0.355 e. The summed E-state index contributed by atoms with van der Waals surface area (Å²) in [4.78, 5) is 51.4. The van der Waals surface area contributed by atoms with E-state index in [0.717, 1.165) is 11.0 Å². The number of aliphatic imine (C=N–C) groups is 1. The van der Waals surface area contributed by atoms with Crippen LogP contribution in [0.5, 0.6) is 0 Å². The van der Waals surface area contributed by atoms with Crippen molar-refractivity contribution in [3.8, 4) is 0 Å². The van der Waals surface area contributed by atoms with E-state index in [1.165, 1.54) is 67.5 Å². The molecule has 5 rings (SSSR count). The smallest absolute Gasteiger partial charge is 0.299 e. The molecule has 1 fully saturated rings. The summed E-state index contributed by atoms with van der Waals surface area (Å²) in [5.41, 5.74) is -1.84. The molecule has 0 atom stereocenters. The van der Waals surface area contributed by atoms with E-state index in [4.69, 9.17) is 55.1 Å². The van der Waals surface area contributed by atoms with Crippen LogP contribution < -0.4 is 25.8 Å². The highest BCUT2D eigenvalue weighted by atomic mass is 35.5. The van der Waals surface area contributed by atoms with Crippen LogP contribution in [-0.4, -0.2) is 53.3 Å². The number of amides is 3. The molecule has 0 radical (unpaired) electrons. The Morgan fingerprint density at radius 2 is 1.35 bits per heavy atom. The number of isothiocyanates is 1. The molecule has 60 heavy (non-hydrogen) atoms. The molecule has 4 aromatic carbocycles. The number of carbonyl (C=O) groups excluding carboxylic acids is 3. The van der Waals surface area contributed by atoms with Crippen molar-refractivity contribution in [3.05, 3.63) is 139 Å². The largest absolute Gasteiger partial charge is 0.355 e. The van der Waals surface area contributed by atoms with E-state index in [-0.39, 0.29) is 49.7 Å². The number of nitrogens with zero attached hydrogens (tertiary/aromatic N) is 6. The number of nitrogens with one attached hydrogen (secondary N) is 3. The predicted molar refractivity (Wildman–Crippen MR) is 231 cm³/mol. The van der Waals surface area contributed by atoms with E-state index in [1.807, 2.05) is 5.16 Å². The molecule has 0 aliphatic carbocycles. The van der Waals surface area contributed by atoms with Gasteiger partial charge >= 0.3 is 0 Å². The number of thiocarbonyl (C=S) groups is 2. The topological polar surface area (TPSA) is 119 Å². The molecule has 308 valence electrons. The number of hydrogen-bond donors (Lipinski definition) is 3. The van der Waals surface area contributed by atoms with Crippen LogP contribution in [0.2, 0.25) is 10.0 Å². The van der Waals surface area contributed by atoms with Gasteiger partial charge in [-0.25, -0.2) is 33.8 Å². The zero-order valence-electron chi connectivity index (χ0n) is 32.3. The van der Waals surface area contributed by atoms with Gasteiger partial charge in [0.15, 0.2) is 16.7 Å². The Labute approximate surface area is 363 Å². The molecule has 3 amide bonds. The van der Waals surface area contributed by atoms with Gasteiger partial charge in [-0.3, -0.25) is 24.1 Å². The Morgan fingerprint density at radius 1 is 0.833 bits per heavy atom. The van der Waals surface area contributed by atoms with Crippen molar-refractivity contribution in [2.24, 2.45) is 4.99 Å². The van der Waals surface area contributed by atoms with Gasteiger partial charge in [0.05, 0.1) is 45.2 Å². The van der Waals surface area contributed by atoms with Crippen LogP contribution in [0.3, 0.4) is 0 Å². The first kappa shape index (κ1) is 47.9. The minimum absolute atomic E-state index is 0.00704. The predicted octanol–water partition coefficient (Wildman–Crippen LogP) is 10.5. The number of anilines is 3. The standard InChI is InChI=1S/C20H15ClF2N4O2S.C12H14FN3O.C8H2ClFN2S/c1-20(2)18(29)26(14-8-7-13(24-3)15(21)16(14)23)19(30)27(20)10-5-6-11(12(22)9-10)17(28)25-4;1-12(2,15-4)16-8-5-6-9(10(13)7-8)11(17)14-3;1-11-5-2-3-6(12-4-13)8(10)7(5)9/h5-9H,1-2,4H3,(H,25,28);5-7,16H,1-3H3,(H,14,17);2-3H. The van der Waals surface area contributed by atoms with Crippen LogP contribution in [-0.2, 0) is 4.79 Å². The van der Waals surface area contributed by atoms with Crippen molar-refractivity contribution in [3.63, 3.8) is 0 Å². The SMILES string of the molecule is [C-]#[N+]C(C)(C)Nc1ccc(C(=O)NC)c(F)c1.[C-]#[N+]c1ccc(N2C(=O)C(C)(C)N(c3ccc(C(=O)NC)c(F)c3)C2=S)c(F)c1Cl.[C-]#[N+]c1ccc(N=C=S)c(F)c1Cl. The molecule has 0 unspecified atom stereocenters. The van der Waals surface area contributed by atoms with Gasteiger partial charge in [-0.1, -0.05) is 35.3 Å². The number of rotatable bonds is 7. The fourth-order valence-corrected chi connectivity index (χ4v) is 6.25. The van der Waals surface area contributed by atoms with Gasteiger partial charge in [-0.05, 0) is 86.8 Å². The maximum atomic E-state index is 14.8. The quantitative estimate of drug-likeness (QED) is 0.0732. The Bertz CT molecular complexity index is 2580. The lowest BCUT2D eigenvalue weighted by Gasteiger charge is -2.29. The Morgan fingerprint density at radius 3 is 1.83 bits per heavy atom. The highest BCUT2D eigenvalue weighted by Crippen LogP contribution is 2.41. The first-order valence-corrected chi connectivity index (χ1v) is 18.4. The zero-order valence-corrected chi connectivity index (χ0v) is 35.4. The van der Waals surface area contributed by atoms with Gasteiger partial charge in [0.2, 0.25) is 11.4 Å². The molecule has 0 saturated carbocycles. The maximum Gasteiger partial charge on any atom is 0.299 e. The fourth-order valence-electron chi connectivity index (χ4n) is 5.23. The van der Waals surface area contributed by atoms with Crippen LogP contribution in [0, 0.1) is 43.0 Å². The second-order valence-corrected chi connectivity index (χ2v) is 14.3. The maximum absolute atomic E-state index is 14.8. The normalized spacial score (nSPS) is 12.6. The Kier molecular flexibility index (Phi) is 16.0. The Hall–Kier alpha value is -6.45. The zero-order chi connectivity index (χ0) is 45.3. The average molecular weight is 897 g/mol. The molecule has 1 aliphatic rings. The highest BCUT2D eigenvalue weighted by Gasteiger charge is 2.51. The summed E-state index contributed by atoms with van der Waals surface area (Å²) in [7, 11) is 2.82. The molecule has 0 spiro atoms. The molecule has 4 aromatic rings. The van der Waals surface area contributed by atoms with Crippen molar-refractivity contribution >= 4 is 110 Å². The molecule has 12 nitrogen and oxygen atoms in total. The van der Waals surface area contributed by atoms with Gasteiger partial charge in [-0.15, -0.1) is 0 Å². The van der Waals surface area contributed by atoms with Gasteiger partial charge in [-0.2, -0.15) is 4.99 Å². The average Bonchev–Trinajstić information content (AvgIpc) is 3.39. The van der Waals surface area contributed by atoms with Crippen molar-refractivity contribution in [2.75, 3.05) is 29.2 Å². The lowest BCUT2D eigenvalue weighted by Crippen LogP contribution is -2.44. The van der Waals surface area contributed by atoms with Crippen LogP contribution in [0.1, 0.15) is 48.4 Å². The number of halogens is 6. The highest BCUT2D eigenvalue weighted by molar-refractivity contribution is 7.81. The van der Waals surface area contributed by atoms with Crippen molar-refractivity contribution in [1.29, 1.82) is 0 Å². The van der Waals surface area contributed by atoms with E-state index in [1.54, 1.807) is 33.8 Å². The van der Waals surface area contributed by atoms with Gasteiger partial charge < -0.3 is 20.9 Å². The van der Waals surface area contributed by atoms with Gasteiger partial charge in [0.1, 0.15) is 22.9 Å². The summed E-state index contributed by atoms with van der Waals surface area (Å²) in [5.74, 6) is -4.75. The van der Waals surface area contributed by atoms with E-state index < -0.39 is 57.2 Å². The van der Waals surface area contributed by atoms with E-state index in [2.05, 4.69) is 47.7 Å². The van der Waals surface area contributed by atoms with Crippen molar-refractivity contribution in [2.45, 2.75) is 38.9 Å². The molecule has 0 aromatic heterocycles. The summed E-state index contributed by atoms with van der Waals surface area (Å²) in [6, 6.07) is 13.2. The molecule has 0 bridgehead atoms. The summed E-state index contributed by atoms with van der Waals surface area (Å²) in [6.45, 7) is 27.1. The molecule has 20 heteroatoms. The second-order valence-electron chi connectivity index (χ2n) is 13.0. The molecule has 1 aliphatic heterocycles. The third-order valence-electron chi connectivity index (χ3n) is 8.25. The number of hydrogen-bond acceptors (Lipinski definition) is 7. The second kappa shape index (κ2) is 20.0. The first-order valence-electron chi connectivity index (χ1n) is 16.8. The minimum atomic E-state index is -1.28. The summed E-state index contributed by atoms with van der Waals surface area (Å²) in [6.07, 6.45) is 0. The summed E-state index contributed by atoms with van der Waals surface area (Å²) in [5, 5.41) is 8.83. The van der Waals surface area contributed by atoms with Crippen molar-refractivity contribution in [1.82, 2.24) is 10.6 Å². The van der Waals surface area contributed by atoms with Crippen LogP contribution in [0.15, 0.2) is 65.7 Å². The molecule has 1 heterocycles. The van der Waals surface area contributed by atoms with Crippen LogP contribution >= 0.6 is 47.6 Å².